The third-order valence-electron chi connectivity index (χ3n) is 3.83. The van der Waals surface area contributed by atoms with Crippen LogP contribution in [0.15, 0.2) is 18.2 Å². The van der Waals surface area contributed by atoms with Crippen molar-refractivity contribution in [3.8, 4) is 6.07 Å². The maximum absolute atomic E-state index is 13.6. The van der Waals surface area contributed by atoms with E-state index in [1.165, 1.54) is 6.07 Å². The van der Waals surface area contributed by atoms with Gasteiger partial charge in [-0.2, -0.15) is 5.26 Å². The van der Waals surface area contributed by atoms with E-state index in [1.807, 2.05) is 6.07 Å². The zero-order valence-corrected chi connectivity index (χ0v) is 10.9. The molecule has 2 unspecified atom stereocenters. The predicted molar refractivity (Wildman–Crippen MR) is 69.5 cm³/mol. The molecule has 100 valence electrons. The van der Waals surface area contributed by atoms with E-state index >= 15 is 0 Å². The number of amides is 1. The first kappa shape index (κ1) is 13.5. The maximum Gasteiger partial charge on any atom is 0.223 e. The van der Waals surface area contributed by atoms with Crippen molar-refractivity contribution >= 4 is 5.91 Å². The van der Waals surface area contributed by atoms with Crippen LogP contribution < -0.4 is 5.32 Å². The van der Waals surface area contributed by atoms with Gasteiger partial charge in [-0.3, -0.25) is 4.79 Å². The lowest BCUT2D eigenvalue weighted by Crippen LogP contribution is -2.31. The largest absolute Gasteiger partial charge is 0.352 e. The Morgan fingerprint density at radius 1 is 1.53 bits per heavy atom. The molecule has 0 aliphatic heterocycles. The number of rotatable bonds is 3. The average molecular weight is 260 g/mol. The van der Waals surface area contributed by atoms with Crippen molar-refractivity contribution in [3.63, 3.8) is 0 Å². The van der Waals surface area contributed by atoms with Crippen LogP contribution in [0.3, 0.4) is 0 Å². The third-order valence-corrected chi connectivity index (χ3v) is 3.83. The summed E-state index contributed by atoms with van der Waals surface area (Å²) < 4.78 is 13.6. The second-order valence-corrected chi connectivity index (χ2v) is 5.15. The van der Waals surface area contributed by atoms with Gasteiger partial charge in [-0.1, -0.05) is 19.4 Å². The van der Waals surface area contributed by atoms with E-state index in [4.69, 9.17) is 5.26 Å². The summed E-state index contributed by atoms with van der Waals surface area (Å²) in [4.78, 5) is 12.0. The molecule has 1 aliphatic carbocycles. The molecule has 3 nitrogen and oxygen atoms in total. The summed E-state index contributed by atoms with van der Waals surface area (Å²) in [6, 6.07) is 6.18. The molecule has 1 aromatic carbocycles. The summed E-state index contributed by atoms with van der Waals surface area (Å²) in [5.74, 6) is 0.0276. The number of nitriles is 1. The molecule has 1 fully saturated rings. The van der Waals surface area contributed by atoms with Crippen molar-refractivity contribution in [1.29, 1.82) is 5.26 Å². The maximum atomic E-state index is 13.6. The molecular weight excluding hydrogens is 243 g/mol. The first-order valence-electron chi connectivity index (χ1n) is 6.58. The summed E-state index contributed by atoms with van der Waals surface area (Å²) in [6.45, 7) is 2.26. The zero-order valence-electron chi connectivity index (χ0n) is 10.9. The van der Waals surface area contributed by atoms with Crippen LogP contribution in [-0.2, 0) is 11.3 Å². The first-order valence-corrected chi connectivity index (χ1v) is 6.58. The highest BCUT2D eigenvalue weighted by Crippen LogP contribution is 2.31. The van der Waals surface area contributed by atoms with E-state index in [9.17, 15) is 9.18 Å². The van der Waals surface area contributed by atoms with Gasteiger partial charge in [0, 0.05) is 18.0 Å². The summed E-state index contributed by atoms with van der Waals surface area (Å²) in [6.07, 6.45) is 3.09. The van der Waals surface area contributed by atoms with Crippen LogP contribution >= 0.6 is 0 Å². The van der Waals surface area contributed by atoms with E-state index < -0.39 is 5.82 Å². The molecule has 2 atom stereocenters. The van der Waals surface area contributed by atoms with Gasteiger partial charge in [-0.25, -0.2) is 4.39 Å². The van der Waals surface area contributed by atoms with E-state index in [0.717, 1.165) is 19.3 Å². The minimum atomic E-state index is -0.446. The van der Waals surface area contributed by atoms with Crippen molar-refractivity contribution < 1.29 is 9.18 Å². The Bertz CT molecular complexity index is 521. The quantitative estimate of drug-likeness (QED) is 0.908. The summed E-state index contributed by atoms with van der Waals surface area (Å²) >= 11 is 0. The van der Waals surface area contributed by atoms with Crippen LogP contribution in [0.1, 0.15) is 37.3 Å². The standard InChI is InChI=1S/C15H17FN2O/c1-10-3-2-4-13(10)15(19)18-9-12-6-5-11(8-17)7-14(12)16/h5-7,10,13H,2-4,9H2,1H3,(H,18,19). The number of nitrogens with one attached hydrogen (secondary N) is 1. The fourth-order valence-corrected chi connectivity index (χ4v) is 2.61. The molecule has 1 aromatic rings. The molecular formula is C15H17FN2O. The number of hydrogen-bond donors (Lipinski definition) is 1. The predicted octanol–water partition coefficient (Wildman–Crippen LogP) is 2.75. The fraction of sp³-hybridized carbons (Fsp3) is 0.467. The van der Waals surface area contributed by atoms with Crippen molar-refractivity contribution in [1.82, 2.24) is 5.32 Å². The van der Waals surface area contributed by atoms with E-state index in [0.29, 0.717) is 11.5 Å². The lowest BCUT2D eigenvalue weighted by Gasteiger charge is -2.15. The molecule has 1 N–H and O–H groups in total. The Hall–Kier alpha value is -1.89. The fourth-order valence-electron chi connectivity index (χ4n) is 2.61. The Morgan fingerprint density at radius 3 is 2.89 bits per heavy atom. The lowest BCUT2D eigenvalue weighted by atomic mass is 9.97. The number of hydrogen-bond acceptors (Lipinski definition) is 2. The van der Waals surface area contributed by atoms with Crippen molar-refractivity contribution in [2.24, 2.45) is 11.8 Å². The average Bonchev–Trinajstić information content (AvgIpc) is 2.83. The van der Waals surface area contributed by atoms with E-state index in [-0.39, 0.29) is 23.9 Å². The molecule has 2 rings (SSSR count). The van der Waals surface area contributed by atoms with Gasteiger partial charge >= 0.3 is 0 Å². The van der Waals surface area contributed by atoms with Crippen LogP contribution in [0.4, 0.5) is 4.39 Å². The smallest absolute Gasteiger partial charge is 0.223 e. The molecule has 0 spiro atoms. The number of benzene rings is 1. The molecule has 0 heterocycles. The first-order chi connectivity index (χ1) is 9.11. The van der Waals surface area contributed by atoms with Crippen LogP contribution in [0, 0.1) is 29.0 Å². The number of halogens is 1. The van der Waals surface area contributed by atoms with Crippen LogP contribution in [0.25, 0.3) is 0 Å². The number of carbonyl (C=O) groups is 1. The van der Waals surface area contributed by atoms with Gasteiger partial charge in [0.2, 0.25) is 5.91 Å². The number of nitrogens with zero attached hydrogens (tertiary/aromatic N) is 1. The summed E-state index contributed by atoms with van der Waals surface area (Å²) in [5, 5.41) is 11.4. The monoisotopic (exact) mass is 260 g/mol. The molecule has 0 radical (unpaired) electrons. The van der Waals surface area contributed by atoms with Crippen LogP contribution in [0.2, 0.25) is 0 Å². The van der Waals surface area contributed by atoms with E-state index in [1.54, 1.807) is 12.1 Å². The highest BCUT2D eigenvalue weighted by molar-refractivity contribution is 5.79. The van der Waals surface area contributed by atoms with Gasteiger partial charge in [0.15, 0.2) is 0 Å². The lowest BCUT2D eigenvalue weighted by molar-refractivity contribution is -0.126. The summed E-state index contributed by atoms with van der Waals surface area (Å²) in [5.41, 5.74) is 0.704. The van der Waals surface area contributed by atoms with Crippen LogP contribution in [-0.4, -0.2) is 5.91 Å². The third kappa shape index (κ3) is 3.11. The molecule has 0 saturated heterocycles. The minimum absolute atomic E-state index is 0.00811. The Kier molecular flexibility index (Phi) is 4.16. The number of carbonyl (C=O) groups excluding carboxylic acids is 1. The molecule has 0 aromatic heterocycles. The van der Waals surface area contributed by atoms with Gasteiger partial charge < -0.3 is 5.32 Å². The van der Waals surface area contributed by atoms with E-state index in [2.05, 4.69) is 12.2 Å². The van der Waals surface area contributed by atoms with Crippen LogP contribution in [0.5, 0.6) is 0 Å². The highest BCUT2D eigenvalue weighted by Gasteiger charge is 2.29. The minimum Gasteiger partial charge on any atom is -0.352 e. The topological polar surface area (TPSA) is 52.9 Å². The van der Waals surface area contributed by atoms with Crippen molar-refractivity contribution in [2.45, 2.75) is 32.7 Å². The van der Waals surface area contributed by atoms with Gasteiger partial charge in [0.1, 0.15) is 5.82 Å². The van der Waals surface area contributed by atoms with Crippen molar-refractivity contribution in [3.05, 3.63) is 35.1 Å². The normalized spacial score (nSPS) is 21.9. The molecule has 4 heteroatoms. The summed E-state index contributed by atoms with van der Waals surface area (Å²) in [7, 11) is 0. The Morgan fingerprint density at radius 2 is 2.32 bits per heavy atom. The van der Waals surface area contributed by atoms with Gasteiger partial charge in [0.05, 0.1) is 11.6 Å². The zero-order chi connectivity index (χ0) is 13.8. The SMILES string of the molecule is CC1CCCC1C(=O)NCc1ccc(C#N)cc1F. The Labute approximate surface area is 112 Å². The molecule has 1 aliphatic rings. The van der Waals surface area contributed by atoms with Gasteiger partial charge in [-0.05, 0) is 30.9 Å². The van der Waals surface area contributed by atoms with Crippen molar-refractivity contribution in [2.75, 3.05) is 0 Å². The molecule has 1 amide bonds. The van der Waals surface area contributed by atoms with Gasteiger partial charge in [-0.15, -0.1) is 0 Å². The molecule has 0 bridgehead atoms. The highest BCUT2D eigenvalue weighted by atomic mass is 19.1. The molecule has 1 saturated carbocycles. The van der Waals surface area contributed by atoms with Gasteiger partial charge in [0.25, 0.3) is 0 Å². The second-order valence-electron chi connectivity index (χ2n) is 5.15. The molecule has 19 heavy (non-hydrogen) atoms. The Balaban J connectivity index is 1.95. The second kappa shape index (κ2) is 5.83.